The van der Waals surface area contributed by atoms with Gasteiger partial charge in [0.15, 0.2) is 34.5 Å². The molecule has 0 bridgehead atoms. The van der Waals surface area contributed by atoms with Crippen LogP contribution in [-0.4, -0.2) is 67.1 Å². The fraction of sp³-hybridized carbons (Fsp3) is 0.293. The first-order valence-electron chi connectivity index (χ1n) is 25.3. The molecule has 0 radical (unpaired) electrons. The Morgan fingerprint density at radius 3 is 1.68 bits per heavy atom. The molecule has 20 heteroatoms. The van der Waals surface area contributed by atoms with E-state index >= 15 is 0 Å². The Balaban J connectivity index is 0.000000188. The summed E-state index contributed by atoms with van der Waals surface area (Å²) in [5.74, 6) is -2.53. The van der Waals surface area contributed by atoms with Gasteiger partial charge in [-0.25, -0.2) is 27.8 Å². The first-order valence-corrected chi connectivity index (χ1v) is 26.1. The maximum absolute atomic E-state index is 13.5. The molecule has 78 heavy (non-hydrogen) atoms. The third kappa shape index (κ3) is 11.7. The van der Waals surface area contributed by atoms with Gasteiger partial charge in [0.1, 0.15) is 28.2 Å². The van der Waals surface area contributed by atoms with E-state index in [9.17, 15) is 32.8 Å². The standard InChI is InChI=1S/C30H29F2N5O3.C27H25N7O2S.CH4/c1-17(38)3-10-28(39)22-5-6-23-21(18(22)2)7-9-26(23)33-16-20-14-27(36-29-11-12-35-37(20)29)30(40)34-15-19-4-8-24(31)25(32)13-19;1-15-19(16(2)35)4-5-21-20(15)6-8-22(21)28-14-18-12-25(31-26-9-10-30-34(18)26)27(36)29-13-17-3-7-23-24(11-17)33-37-32-23;/h4-6,8,11-14,26,33H,3,7,9-10,15-16H2,1-2H3,(H,34,40);3-5,7,9-12,22,28H,6,8,13-14H2,1-2H3,(H,29,36);1H4/t26-;22-;/m00./s1. The number of Topliss-reactive ketones (excluding diaryl/α,β-unsaturated/α-hetero) is 3. The van der Waals surface area contributed by atoms with Crippen LogP contribution in [0.1, 0.15) is 157 Å². The number of carbonyl (C=O) groups is 5. The highest BCUT2D eigenvalue weighted by Gasteiger charge is 2.28. The molecule has 0 saturated heterocycles. The number of fused-ring (bicyclic) bond motifs is 5. The number of ketones is 3. The lowest BCUT2D eigenvalue weighted by molar-refractivity contribution is -0.117. The Labute approximate surface area is 452 Å². The van der Waals surface area contributed by atoms with Crippen LogP contribution in [0.4, 0.5) is 8.78 Å². The molecule has 2 atom stereocenters. The minimum Gasteiger partial charge on any atom is -0.347 e. The highest BCUT2D eigenvalue weighted by Crippen LogP contribution is 2.37. The lowest BCUT2D eigenvalue weighted by Crippen LogP contribution is -2.26. The molecule has 400 valence electrons. The van der Waals surface area contributed by atoms with Crippen molar-refractivity contribution in [3.05, 3.63) is 187 Å². The van der Waals surface area contributed by atoms with Crippen molar-refractivity contribution in [2.45, 2.75) is 112 Å². The van der Waals surface area contributed by atoms with E-state index < -0.39 is 17.5 Å². The zero-order valence-electron chi connectivity index (χ0n) is 42.7. The van der Waals surface area contributed by atoms with Gasteiger partial charge in [0, 0.05) is 74.4 Å². The minimum absolute atomic E-state index is 0. The van der Waals surface area contributed by atoms with Crippen molar-refractivity contribution in [1.29, 1.82) is 0 Å². The van der Waals surface area contributed by atoms with E-state index in [1.54, 1.807) is 52.6 Å². The molecule has 17 nitrogen and oxygen atoms in total. The summed E-state index contributed by atoms with van der Waals surface area (Å²) >= 11 is 1.17. The molecule has 0 unspecified atom stereocenters. The molecule has 0 saturated carbocycles. The average molecular weight is 1070 g/mol. The van der Waals surface area contributed by atoms with Crippen LogP contribution in [0.25, 0.3) is 22.3 Å². The average Bonchev–Trinajstić information content (AvgIpc) is 4.36. The molecule has 4 N–H and O–H groups in total. The normalized spacial score (nSPS) is 14.4. The second kappa shape index (κ2) is 23.5. The number of hydrogen-bond acceptors (Lipinski definition) is 14. The Morgan fingerprint density at radius 2 is 1.13 bits per heavy atom. The molecular weight excluding hydrogens is 1010 g/mol. The maximum Gasteiger partial charge on any atom is 0.270 e. The van der Waals surface area contributed by atoms with Gasteiger partial charge in [0.2, 0.25) is 0 Å². The second-order valence-corrected chi connectivity index (χ2v) is 19.9. The number of halogens is 2. The van der Waals surface area contributed by atoms with E-state index in [2.05, 4.69) is 56.2 Å². The first kappa shape index (κ1) is 54.5. The number of carbonyl (C=O) groups excluding carboxylic acids is 5. The molecule has 4 aromatic carbocycles. The molecule has 9 aromatic rings. The van der Waals surface area contributed by atoms with E-state index in [1.165, 1.54) is 35.8 Å². The largest absolute Gasteiger partial charge is 0.347 e. The van der Waals surface area contributed by atoms with Gasteiger partial charge in [-0.15, -0.1) is 0 Å². The van der Waals surface area contributed by atoms with Crippen LogP contribution in [0.2, 0.25) is 0 Å². The molecular formula is C58H58F2N12O5S. The Hall–Kier alpha value is -8.33. The summed E-state index contributed by atoms with van der Waals surface area (Å²) in [4.78, 5) is 70.7. The predicted octanol–water partition coefficient (Wildman–Crippen LogP) is 9.16. The van der Waals surface area contributed by atoms with Crippen LogP contribution < -0.4 is 21.3 Å². The van der Waals surface area contributed by atoms with E-state index in [0.717, 1.165) is 93.6 Å². The number of rotatable bonds is 17. The zero-order valence-corrected chi connectivity index (χ0v) is 43.6. The van der Waals surface area contributed by atoms with Gasteiger partial charge >= 0.3 is 0 Å². The van der Waals surface area contributed by atoms with Gasteiger partial charge in [0.25, 0.3) is 11.8 Å². The van der Waals surface area contributed by atoms with Gasteiger partial charge < -0.3 is 26.1 Å². The summed E-state index contributed by atoms with van der Waals surface area (Å²) in [5, 5.41) is 21.6. The van der Waals surface area contributed by atoms with E-state index in [0.29, 0.717) is 47.7 Å². The number of hydrogen-bond donors (Lipinski definition) is 4. The third-order valence-electron chi connectivity index (χ3n) is 14.4. The molecule has 2 aliphatic rings. The molecule has 11 rings (SSSR count). The highest BCUT2D eigenvalue weighted by atomic mass is 32.1. The molecule has 0 aliphatic heterocycles. The van der Waals surface area contributed by atoms with Crippen LogP contribution in [-0.2, 0) is 43.8 Å². The SMILES string of the molecule is C.CC(=O)CCC(=O)c1ccc2c(c1C)CC[C@@H]2NCc1cc(C(=O)NCc2ccc(F)c(F)c2)nc2ccnn12.CC(=O)c1ccc2c(c1C)CC[C@@H]2NCc1cc(C(=O)NCc2ccc3nsnc3c2)nc2ccnn12. The van der Waals surface area contributed by atoms with Crippen molar-refractivity contribution >= 4 is 63.2 Å². The molecule has 2 aliphatic carbocycles. The molecule has 0 spiro atoms. The Kier molecular flexibility index (Phi) is 16.4. The van der Waals surface area contributed by atoms with Crippen LogP contribution in [0.5, 0.6) is 0 Å². The number of nitrogens with zero attached hydrogens (tertiary/aromatic N) is 8. The highest BCUT2D eigenvalue weighted by molar-refractivity contribution is 7.00. The smallest absolute Gasteiger partial charge is 0.270 e. The Bertz CT molecular complexity index is 3800. The van der Waals surface area contributed by atoms with E-state index in [-0.39, 0.29) is 67.8 Å². The summed E-state index contributed by atoms with van der Waals surface area (Å²) in [6.07, 6.45) is 7.33. The fourth-order valence-corrected chi connectivity index (χ4v) is 10.8. The van der Waals surface area contributed by atoms with Crippen LogP contribution in [0.15, 0.2) is 97.3 Å². The molecule has 2 amide bonds. The van der Waals surface area contributed by atoms with Crippen LogP contribution >= 0.6 is 11.7 Å². The van der Waals surface area contributed by atoms with E-state index in [4.69, 9.17) is 0 Å². The number of nitrogens with one attached hydrogen (secondary N) is 4. The fourth-order valence-electron chi connectivity index (χ4n) is 10.3. The molecule has 5 aromatic heterocycles. The minimum atomic E-state index is -0.974. The van der Waals surface area contributed by atoms with Gasteiger partial charge in [-0.05, 0) is 134 Å². The molecule has 0 fully saturated rings. The molecule has 5 heterocycles. The van der Waals surface area contributed by atoms with Crippen LogP contribution in [0.3, 0.4) is 0 Å². The van der Waals surface area contributed by atoms with E-state index in [1.807, 2.05) is 50.2 Å². The predicted molar refractivity (Wildman–Crippen MR) is 291 cm³/mol. The lowest BCUT2D eigenvalue weighted by Gasteiger charge is -2.17. The van der Waals surface area contributed by atoms with Crippen molar-refractivity contribution in [1.82, 2.24) is 59.2 Å². The second-order valence-electron chi connectivity index (χ2n) is 19.4. The van der Waals surface area contributed by atoms with Crippen molar-refractivity contribution < 1.29 is 32.8 Å². The maximum atomic E-state index is 13.5. The third-order valence-corrected chi connectivity index (χ3v) is 14.9. The van der Waals surface area contributed by atoms with Crippen LogP contribution in [0, 0.1) is 25.5 Å². The van der Waals surface area contributed by atoms with Gasteiger partial charge in [-0.1, -0.05) is 43.8 Å². The Morgan fingerprint density at radius 1 is 0.603 bits per heavy atom. The summed E-state index contributed by atoms with van der Waals surface area (Å²) in [7, 11) is 0. The van der Waals surface area contributed by atoms with Crippen molar-refractivity contribution in [3.63, 3.8) is 0 Å². The number of benzene rings is 4. The zero-order chi connectivity index (χ0) is 53.9. The van der Waals surface area contributed by atoms with Gasteiger partial charge in [-0.3, -0.25) is 19.2 Å². The van der Waals surface area contributed by atoms with Crippen molar-refractivity contribution in [3.8, 4) is 0 Å². The quantitative estimate of drug-likeness (QED) is 0.0626. The van der Waals surface area contributed by atoms with Crippen molar-refractivity contribution in [2.24, 2.45) is 0 Å². The lowest BCUT2D eigenvalue weighted by atomic mass is 9.94. The first-order chi connectivity index (χ1) is 37.2. The monoisotopic (exact) mass is 1070 g/mol. The number of aromatic nitrogens is 8. The topological polar surface area (TPSA) is 220 Å². The number of amides is 2. The van der Waals surface area contributed by atoms with Gasteiger partial charge in [-0.2, -0.15) is 18.9 Å². The summed E-state index contributed by atoms with van der Waals surface area (Å²) in [6, 6.07) is 24.3. The summed E-state index contributed by atoms with van der Waals surface area (Å²) < 4.78 is 38.6. The summed E-state index contributed by atoms with van der Waals surface area (Å²) in [6.45, 7) is 8.42. The van der Waals surface area contributed by atoms with Crippen molar-refractivity contribution in [2.75, 3.05) is 0 Å². The van der Waals surface area contributed by atoms with Gasteiger partial charge in [0.05, 0.1) is 35.5 Å². The summed E-state index contributed by atoms with van der Waals surface area (Å²) in [5.41, 5.74) is 14.6.